The second-order valence-electron chi connectivity index (χ2n) is 16.4. The zero-order valence-corrected chi connectivity index (χ0v) is 35.2. The smallest absolute Gasteiger partial charge is 0.261 e. The summed E-state index contributed by atoms with van der Waals surface area (Å²) >= 11 is 0. The summed E-state index contributed by atoms with van der Waals surface area (Å²) in [5.74, 6) is 1.59. The number of allylic oxidation sites excluding steroid dienone is 2. The number of carbonyl (C=O) groups excluding carboxylic acids is 1. The van der Waals surface area contributed by atoms with Crippen LogP contribution in [-0.4, -0.2) is 52.9 Å². The predicted octanol–water partition coefficient (Wildman–Crippen LogP) is 8.18. The van der Waals surface area contributed by atoms with E-state index in [0.29, 0.717) is 13.0 Å². The first kappa shape index (κ1) is 40.6. The van der Waals surface area contributed by atoms with Crippen molar-refractivity contribution in [1.82, 2.24) is 4.31 Å². The summed E-state index contributed by atoms with van der Waals surface area (Å²) in [4.78, 5) is 14.0. The van der Waals surface area contributed by atoms with Crippen LogP contribution in [0.25, 0.3) is 0 Å². The van der Waals surface area contributed by atoms with Gasteiger partial charge in [-0.25, -0.2) is 8.42 Å². The molecule has 0 heterocycles. The fourth-order valence-corrected chi connectivity index (χ4v) is 14.8. The molecule has 9 heteroatoms. The summed E-state index contributed by atoms with van der Waals surface area (Å²) in [7, 11) is -3.22. The van der Waals surface area contributed by atoms with E-state index in [0.717, 1.165) is 41.0 Å². The van der Waals surface area contributed by atoms with E-state index in [2.05, 4.69) is 87.5 Å². The fraction of sp³-hybridized carbons (Fsp3) is 0.413. The average Bonchev–Trinajstić information content (AvgIpc) is 3.15. The molecule has 0 radical (unpaired) electrons. The normalized spacial score (nSPS) is 19.8. The van der Waals surface area contributed by atoms with Crippen LogP contribution >= 0.6 is 0 Å². The van der Waals surface area contributed by atoms with Crippen LogP contribution in [-0.2, 0) is 32.3 Å². The Balaban J connectivity index is 1.14. The Bertz CT molecular complexity index is 1940. The Labute approximate surface area is 329 Å². The lowest BCUT2D eigenvalue weighted by molar-refractivity contribution is -0.125. The van der Waals surface area contributed by atoms with Crippen molar-refractivity contribution in [3.05, 3.63) is 132 Å². The van der Waals surface area contributed by atoms with Gasteiger partial charge in [0.25, 0.3) is 8.32 Å². The molecule has 0 spiro atoms. The van der Waals surface area contributed by atoms with Crippen LogP contribution in [0.5, 0.6) is 11.5 Å². The highest BCUT2D eigenvalue weighted by molar-refractivity contribution is 7.89. The Morgan fingerprint density at radius 2 is 1.24 bits per heavy atom. The van der Waals surface area contributed by atoms with E-state index in [1.54, 1.807) is 18.5 Å². The molecule has 0 aromatic heterocycles. The number of rotatable bonds is 17. The minimum Gasteiger partial charge on any atom is -0.497 e. The van der Waals surface area contributed by atoms with Crippen molar-refractivity contribution in [3.63, 3.8) is 0 Å². The summed E-state index contributed by atoms with van der Waals surface area (Å²) in [6.07, 6.45) is 4.49. The molecule has 2 aliphatic rings. The van der Waals surface area contributed by atoms with Crippen molar-refractivity contribution < 1.29 is 27.1 Å². The molecule has 1 saturated carbocycles. The van der Waals surface area contributed by atoms with Gasteiger partial charge in [0.05, 0.1) is 19.5 Å². The lowest BCUT2D eigenvalue weighted by atomic mass is 9.66. The van der Waals surface area contributed by atoms with Gasteiger partial charge >= 0.3 is 0 Å². The van der Waals surface area contributed by atoms with Crippen LogP contribution in [0.4, 0.5) is 0 Å². The van der Waals surface area contributed by atoms with Gasteiger partial charge in [-0.1, -0.05) is 119 Å². The van der Waals surface area contributed by atoms with Gasteiger partial charge in [0.1, 0.15) is 11.5 Å². The van der Waals surface area contributed by atoms with Gasteiger partial charge < -0.3 is 13.9 Å². The minimum atomic E-state index is -3.74. The third-order valence-corrected chi connectivity index (χ3v) is 19.5. The Morgan fingerprint density at radius 3 is 1.64 bits per heavy atom. The summed E-state index contributed by atoms with van der Waals surface area (Å²) in [6, 6.07) is 36.3. The molecule has 0 N–H and O–H groups in total. The van der Waals surface area contributed by atoms with Crippen LogP contribution in [0.3, 0.4) is 0 Å². The highest BCUT2D eigenvalue weighted by Crippen LogP contribution is 2.45. The molecule has 5 atom stereocenters. The quantitative estimate of drug-likeness (QED) is 0.101. The zero-order chi connectivity index (χ0) is 39.4. The largest absolute Gasteiger partial charge is 0.497 e. The van der Waals surface area contributed by atoms with Crippen LogP contribution in [0.15, 0.2) is 121 Å². The number of carbonyl (C=O) groups is 1. The van der Waals surface area contributed by atoms with E-state index in [1.807, 2.05) is 62.4 Å². The number of sulfonamides is 1. The standard InChI is InChI=1S/C46H57NO6SSi/c1-33(34(2)54(49,50)47(30-35-18-23-40(51-6)24-19-35)31-36-20-25-41(52-7)26-21-36)38-28-39(29-38)45(48)44-27-22-37(44)32-53-55(46(3,4)5,42-14-10-8-11-15-42)43-16-12-9-13-17-43/h8-21,23-26,28,33-34,37-38,44H,22,27,29-32H2,1-7H3/t33-,34-,37+,38+,44-/m1/s1. The van der Waals surface area contributed by atoms with Crippen molar-refractivity contribution in [1.29, 1.82) is 0 Å². The van der Waals surface area contributed by atoms with Crippen LogP contribution in [0.2, 0.25) is 5.04 Å². The van der Waals surface area contributed by atoms with Crippen LogP contribution in [0, 0.1) is 23.7 Å². The molecule has 55 heavy (non-hydrogen) atoms. The molecule has 0 aliphatic heterocycles. The molecule has 4 aromatic rings. The molecular formula is C46H57NO6SSi. The third kappa shape index (κ3) is 8.55. The highest BCUT2D eigenvalue weighted by Gasteiger charge is 2.51. The monoisotopic (exact) mass is 779 g/mol. The number of Topliss-reactive ketones (excluding diaryl/α,β-unsaturated/α-hetero) is 1. The van der Waals surface area contributed by atoms with Gasteiger partial charge in [-0.15, -0.1) is 0 Å². The second kappa shape index (κ2) is 17.0. The predicted molar refractivity (Wildman–Crippen MR) is 224 cm³/mol. The Morgan fingerprint density at radius 1 is 0.764 bits per heavy atom. The van der Waals surface area contributed by atoms with Crippen molar-refractivity contribution in [3.8, 4) is 11.5 Å². The van der Waals surface area contributed by atoms with E-state index in [1.165, 1.54) is 10.4 Å². The van der Waals surface area contributed by atoms with Crippen LogP contribution in [0.1, 0.15) is 65.0 Å². The molecule has 1 fully saturated rings. The van der Waals surface area contributed by atoms with Crippen molar-refractivity contribution >= 4 is 34.5 Å². The first-order chi connectivity index (χ1) is 26.3. The minimum absolute atomic E-state index is 0.0134. The molecule has 0 amide bonds. The number of hydrogen-bond acceptors (Lipinski definition) is 6. The van der Waals surface area contributed by atoms with Gasteiger partial charge in [-0.2, -0.15) is 4.31 Å². The van der Waals surface area contributed by atoms with Gasteiger partial charge in [-0.3, -0.25) is 4.79 Å². The van der Waals surface area contributed by atoms with Crippen LogP contribution < -0.4 is 19.8 Å². The Hall–Kier alpha value is -4.02. The summed E-state index contributed by atoms with van der Waals surface area (Å²) in [6.45, 7) is 11.7. The maximum absolute atomic E-state index is 14.4. The van der Waals surface area contributed by atoms with Crippen molar-refractivity contribution in [2.24, 2.45) is 23.7 Å². The third-order valence-electron chi connectivity index (χ3n) is 12.2. The molecule has 292 valence electrons. The average molecular weight is 780 g/mol. The molecule has 4 aromatic carbocycles. The molecule has 0 unspecified atom stereocenters. The van der Waals surface area contributed by atoms with Gasteiger partial charge in [-0.05, 0) is 100 Å². The number of benzene rings is 4. The molecule has 7 nitrogen and oxygen atoms in total. The van der Waals surface area contributed by atoms with E-state index < -0.39 is 23.6 Å². The lowest BCUT2D eigenvalue weighted by Gasteiger charge is -2.46. The topological polar surface area (TPSA) is 82.1 Å². The number of methoxy groups -OCH3 is 2. The second-order valence-corrected chi connectivity index (χ2v) is 23.0. The van der Waals surface area contributed by atoms with Gasteiger partial charge in [0.15, 0.2) is 5.78 Å². The van der Waals surface area contributed by atoms with Crippen molar-refractivity contribution in [2.75, 3.05) is 20.8 Å². The number of ketones is 1. The highest BCUT2D eigenvalue weighted by atomic mass is 32.2. The van der Waals surface area contributed by atoms with Crippen molar-refractivity contribution in [2.45, 2.75) is 77.3 Å². The Kier molecular flexibility index (Phi) is 12.6. The van der Waals surface area contributed by atoms with E-state index >= 15 is 0 Å². The summed E-state index contributed by atoms with van der Waals surface area (Å²) < 4.78 is 48.3. The number of nitrogens with zero attached hydrogens (tertiary/aromatic N) is 1. The first-order valence-corrected chi connectivity index (χ1v) is 22.9. The lowest BCUT2D eigenvalue weighted by Crippen LogP contribution is -2.67. The molecule has 0 saturated heterocycles. The van der Waals surface area contributed by atoms with E-state index in [-0.39, 0.29) is 47.6 Å². The maximum atomic E-state index is 14.4. The van der Waals surface area contributed by atoms with Gasteiger partial charge in [0.2, 0.25) is 10.0 Å². The SMILES string of the molecule is COc1ccc(CN(Cc2ccc(OC)cc2)S(=O)(=O)[C@H](C)[C@@H](C)[C@H]2C=C(C(=O)[C@@H]3CC[C@H]3CO[Si](c3ccccc3)(c3ccccc3)C(C)(C)C)C2)cc1. The molecule has 6 rings (SSSR count). The summed E-state index contributed by atoms with van der Waals surface area (Å²) in [5, 5.41) is 1.70. The fourth-order valence-electron chi connectivity index (χ4n) is 8.30. The summed E-state index contributed by atoms with van der Waals surface area (Å²) in [5.41, 5.74) is 2.60. The first-order valence-electron chi connectivity index (χ1n) is 19.5. The molecule has 0 bridgehead atoms. The number of hydrogen-bond donors (Lipinski definition) is 0. The molecule has 2 aliphatic carbocycles. The number of ether oxygens (including phenoxy) is 2. The van der Waals surface area contributed by atoms with Gasteiger partial charge in [0, 0.05) is 25.6 Å². The van der Waals surface area contributed by atoms with E-state index in [9.17, 15) is 13.2 Å². The molecular weight excluding hydrogens is 723 g/mol. The zero-order valence-electron chi connectivity index (χ0n) is 33.4. The van der Waals surface area contributed by atoms with E-state index in [4.69, 9.17) is 13.9 Å². The maximum Gasteiger partial charge on any atom is 0.261 e.